The second kappa shape index (κ2) is 4.31. The topological polar surface area (TPSA) is 63.6 Å². The van der Waals surface area contributed by atoms with E-state index in [0.29, 0.717) is 10.9 Å². The maximum absolute atomic E-state index is 11.7. The summed E-state index contributed by atoms with van der Waals surface area (Å²) < 4.78 is 1.85. The molecule has 2 rings (SSSR count). The first-order valence-electron chi connectivity index (χ1n) is 4.39. The fourth-order valence-electron chi connectivity index (χ4n) is 1.15. The normalized spacial score (nSPS) is 10.5. The Morgan fingerprint density at radius 2 is 2.53 bits per heavy atom. The minimum absolute atomic E-state index is 0.0944. The van der Waals surface area contributed by atoms with Crippen LogP contribution in [-0.2, 0) is 7.05 Å². The molecule has 2 aromatic heterocycles. The SMILES string of the molecule is Cn1ccc(C(=O)CSc2ncn[nH]2)c1. The minimum atomic E-state index is 0.0944. The number of H-pyrrole nitrogens is 1. The number of hydrogen-bond acceptors (Lipinski definition) is 4. The number of nitrogens with one attached hydrogen (secondary N) is 1. The molecule has 5 nitrogen and oxygen atoms in total. The van der Waals surface area contributed by atoms with Crippen LogP contribution in [0.2, 0.25) is 0 Å². The van der Waals surface area contributed by atoms with Crippen LogP contribution >= 0.6 is 11.8 Å². The fourth-order valence-corrected chi connectivity index (χ4v) is 1.82. The van der Waals surface area contributed by atoms with E-state index in [4.69, 9.17) is 0 Å². The molecule has 0 aromatic carbocycles. The van der Waals surface area contributed by atoms with E-state index < -0.39 is 0 Å². The van der Waals surface area contributed by atoms with Gasteiger partial charge in [-0.25, -0.2) is 4.98 Å². The summed E-state index contributed by atoms with van der Waals surface area (Å²) in [5, 5.41) is 7.06. The molecule has 6 heteroatoms. The van der Waals surface area contributed by atoms with E-state index in [1.54, 1.807) is 0 Å². The highest BCUT2D eigenvalue weighted by Gasteiger charge is 2.08. The van der Waals surface area contributed by atoms with Gasteiger partial charge in [0, 0.05) is 25.0 Å². The summed E-state index contributed by atoms with van der Waals surface area (Å²) in [7, 11) is 1.89. The Bertz CT molecular complexity index is 448. The zero-order valence-corrected chi connectivity index (χ0v) is 8.99. The molecule has 0 saturated carbocycles. The van der Waals surface area contributed by atoms with Crippen molar-refractivity contribution in [1.29, 1.82) is 0 Å². The molecule has 0 fully saturated rings. The summed E-state index contributed by atoms with van der Waals surface area (Å²) in [6, 6.07) is 1.81. The van der Waals surface area contributed by atoms with Crippen molar-refractivity contribution in [3.05, 3.63) is 30.4 Å². The molecule has 0 unspecified atom stereocenters. The largest absolute Gasteiger partial charge is 0.357 e. The number of ketones is 1. The van der Waals surface area contributed by atoms with Gasteiger partial charge in [0.1, 0.15) is 6.33 Å². The fraction of sp³-hybridized carbons (Fsp3) is 0.222. The lowest BCUT2D eigenvalue weighted by Gasteiger charge is -1.95. The van der Waals surface area contributed by atoms with Crippen molar-refractivity contribution in [2.45, 2.75) is 5.16 Å². The van der Waals surface area contributed by atoms with Gasteiger partial charge in [-0.1, -0.05) is 11.8 Å². The second-order valence-corrected chi connectivity index (χ2v) is 4.03. The van der Waals surface area contributed by atoms with Crippen LogP contribution in [0.3, 0.4) is 0 Å². The molecule has 1 N–H and O–H groups in total. The smallest absolute Gasteiger partial charge is 0.183 e. The molecule has 15 heavy (non-hydrogen) atoms. The highest BCUT2D eigenvalue weighted by atomic mass is 32.2. The molecule has 0 radical (unpaired) electrons. The predicted molar refractivity (Wildman–Crippen MR) is 56.9 cm³/mol. The highest BCUT2D eigenvalue weighted by Crippen LogP contribution is 2.13. The van der Waals surface area contributed by atoms with E-state index in [1.807, 2.05) is 30.1 Å². The van der Waals surface area contributed by atoms with Crippen LogP contribution in [0, 0.1) is 0 Å². The molecule has 2 heterocycles. The lowest BCUT2D eigenvalue weighted by Crippen LogP contribution is -2.01. The maximum atomic E-state index is 11.7. The van der Waals surface area contributed by atoms with Crippen LogP contribution < -0.4 is 0 Å². The third kappa shape index (κ3) is 2.47. The number of carbonyl (C=O) groups is 1. The Morgan fingerprint density at radius 3 is 3.13 bits per heavy atom. The third-order valence-corrected chi connectivity index (χ3v) is 2.76. The van der Waals surface area contributed by atoms with Crippen molar-refractivity contribution in [3.63, 3.8) is 0 Å². The predicted octanol–water partition coefficient (Wildman–Crippen LogP) is 1.12. The molecule has 0 aliphatic rings. The molecule has 0 atom stereocenters. The van der Waals surface area contributed by atoms with E-state index >= 15 is 0 Å². The van der Waals surface area contributed by atoms with Gasteiger partial charge in [0.15, 0.2) is 10.9 Å². The first-order chi connectivity index (χ1) is 7.25. The number of nitrogens with zero attached hydrogens (tertiary/aromatic N) is 3. The van der Waals surface area contributed by atoms with E-state index in [9.17, 15) is 4.79 Å². The third-order valence-electron chi connectivity index (χ3n) is 1.89. The molecule has 0 saturated heterocycles. The average Bonchev–Trinajstić information content (AvgIpc) is 2.84. The standard InChI is InChI=1S/C9H10N4OS/c1-13-3-2-7(4-13)8(14)5-15-9-10-6-11-12-9/h2-4,6H,5H2,1H3,(H,10,11,12). The quantitative estimate of drug-likeness (QED) is 0.622. The monoisotopic (exact) mass is 222 g/mol. The summed E-state index contributed by atoms with van der Waals surface area (Å²) in [5.41, 5.74) is 0.726. The molecule has 0 spiro atoms. The number of hydrogen-bond donors (Lipinski definition) is 1. The highest BCUT2D eigenvalue weighted by molar-refractivity contribution is 7.99. The lowest BCUT2D eigenvalue weighted by atomic mass is 10.2. The second-order valence-electron chi connectivity index (χ2n) is 3.07. The van der Waals surface area contributed by atoms with E-state index in [1.165, 1.54) is 18.1 Å². The van der Waals surface area contributed by atoms with Crippen molar-refractivity contribution >= 4 is 17.5 Å². The molecule has 2 aromatic rings. The summed E-state index contributed by atoms with van der Waals surface area (Å²) in [5.74, 6) is 0.469. The number of aromatic nitrogens is 4. The zero-order valence-electron chi connectivity index (χ0n) is 8.17. The number of aryl methyl sites for hydroxylation is 1. The number of aromatic amines is 1. The van der Waals surface area contributed by atoms with Gasteiger partial charge >= 0.3 is 0 Å². The summed E-state index contributed by atoms with van der Waals surface area (Å²) >= 11 is 1.35. The molecule has 0 aliphatic heterocycles. The van der Waals surface area contributed by atoms with Gasteiger partial charge in [0.2, 0.25) is 0 Å². The van der Waals surface area contributed by atoms with Gasteiger partial charge in [-0.05, 0) is 6.07 Å². The van der Waals surface area contributed by atoms with Crippen LogP contribution in [0.4, 0.5) is 0 Å². The molecule has 0 amide bonds. The van der Waals surface area contributed by atoms with Crippen LogP contribution in [0.25, 0.3) is 0 Å². The van der Waals surface area contributed by atoms with Gasteiger partial charge in [0.05, 0.1) is 5.75 Å². The Morgan fingerprint density at radius 1 is 1.67 bits per heavy atom. The van der Waals surface area contributed by atoms with E-state index in [-0.39, 0.29) is 5.78 Å². The molecule has 78 valence electrons. The van der Waals surface area contributed by atoms with Crippen molar-refractivity contribution in [1.82, 2.24) is 19.7 Å². The van der Waals surface area contributed by atoms with Gasteiger partial charge < -0.3 is 4.57 Å². The molecule has 0 bridgehead atoms. The lowest BCUT2D eigenvalue weighted by molar-refractivity contribution is 0.102. The Labute approximate surface area is 90.9 Å². The van der Waals surface area contributed by atoms with Crippen LogP contribution in [-0.4, -0.2) is 31.3 Å². The average molecular weight is 222 g/mol. The van der Waals surface area contributed by atoms with E-state index in [0.717, 1.165) is 5.56 Å². The summed E-state index contributed by atoms with van der Waals surface area (Å²) in [6.45, 7) is 0. The van der Waals surface area contributed by atoms with Crippen molar-refractivity contribution in [3.8, 4) is 0 Å². The first-order valence-corrected chi connectivity index (χ1v) is 5.37. The first kappa shape index (κ1) is 9.97. The van der Waals surface area contributed by atoms with Crippen molar-refractivity contribution in [2.24, 2.45) is 7.05 Å². The molecular formula is C9H10N4OS. The van der Waals surface area contributed by atoms with Crippen LogP contribution in [0.5, 0.6) is 0 Å². The molecular weight excluding hydrogens is 212 g/mol. The maximum Gasteiger partial charge on any atom is 0.183 e. The Hall–Kier alpha value is -1.56. The number of carbonyl (C=O) groups excluding carboxylic acids is 1. The minimum Gasteiger partial charge on any atom is -0.357 e. The van der Waals surface area contributed by atoms with Gasteiger partial charge in [-0.3, -0.25) is 9.89 Å². The number of Topliss-reactive ketones (excluding diaryl/α,β-unsaturated/α-hetero) is 1. The summed E-state index contributed by atoms with van der Waals surface area (Å²) in [6.07, 6.45) is 5.09. The van der Waals surface area contributed by atoms with Crippen molar-refractivity contribution < 1.29 is 4.79 Å². The number of thioether (sulfide) groups is 1. The van der Waals surface area contributed by atoms with Gasteiger partial charge in [-0.15, -0.1) is 0 Å². The summed E-state index contributed by atoms with van der Waals surface area (Å²) in [4.78, 5) is 15.6. The van der Waals surface area contributed by atoms with Crippen molar-refractivity contribution in [2.75, 3.05) is 5.75 Å². The Kier molecular flexibility index (Phi) is 2.86. The molecule has 0 aliphatic carbocycles. The van der Waals surface area contributed by atoms with Crippen LogP contribution in [0.1, 0.15) is 10.4 Å². The van der Waals surface area contributed by atoms with E-state index in [2.05, 4.69) is 15.2 Å². The Balaban J connectivity index is 1.93. The van der Waals surface area contributed by atoms with Gasteiger partial charge in [-0.2, -0.15) is 5.10 Å². The van der Waals surface area contributed by atoms with Crippen LogP contribution in [0.15, 0.2) is 29.9 Å². The number of rotatable bonds is 4. The zero-order chi connectivity index (χ0) is 10.7. The van der Waals surface area contributed by atoms with Gasteiger partial charge in [0.25, 0.3) is 0 Å².